The standard InChI is InChI=1S/C20H19BN3O3/c21-17(12-13-6-2-1-3-7-13)27-18(22)20(26)24-16-11-10-14-8-4-5-9-15(14)23-19(16)25/h1-9,16,22H,10-12H2,(H,23,25)(H,24,26)/t16-/m0/s1. The Morgan fingerprint density at radius 3 is 2.67 bits per heavy atom. The van der Waals surface area contributed by atoms with Gasteiger partial charge in [-0.2, -0.15) is 0 Å². The average molecular weight is 360 g/mol. The van der Waals surface area contributed by atoms with E-state index < -0.39 is 17.8 Å². The number of benzene rings is 2. The third-order valence-corrected chi connectivity index (χ3v) is 4.26. The molecule has 3 rings (SSSR count). The van der Waals surface area contributed by atoms with Crippen LogP contribution in [-0.2, 0) is 27.2 Å². The summed E-state index contributed by atoms with van der Waals surface area (Å²) in [4.78, 5) is 24.6. The van der Waals surface area contributed by atoms with E-state index in [4.69, 9.17) is 17.6 Å². The number of aryl methyl sites for hydroxylation is 1. The average Bonchev–Trinajstić information content (AvgIpc) is 2.81. The zero-order valence-electron chi connectivity index (χ0n) is 14.7. The number of ether oxygens (including phenoxy) is 1. The van der Waals surface area contributed by atoms with Crippen molar-refractivity contribution in [3.05, 3.63) is 65.7 Å². The van der Waals surface area contributed by atoms with Crippen LogP contribution in [0.4, 0.5) is 5.69 Å². The molecule has 0 saturated carbocycles. The Morgan fingerprint density at radius 1 is 1.19 bits per heavy atom. The number of carbonyl (C=O) groups excluding carboxylic acids is 2. The fourth-order valence-electron chi connectivity index (χ4n) is 2.88. The molecule has 1 aliphatic heterocycles. The Bertz CT molecular complexity index is 883. The summed E-state index contributed by atoms with van der Waals surface area (Å²) in [6.07, 6.45) is 1.36. The third-order valence-electron chi connectivity index (χ3n) is 4.26. The van der Waals surface area contributed by atoms with Crippen molar-refractivity contribution < 1.29 is 14.3 Å². The van der Waals surface area contributed by atoms with Crippen molar-refractivity contribution in [3.63, 3.8) is 0 Å². The van der Waals surface area contributed by atoms with Gasteiger partial charge in [-0.05, 0) is 0 Å². The van der Waals surface area contributed by atoms with Crippen LogP contribution >= 0.6 is 0 Å². The van der Waals surface area contributed by atoms with Crippen molar-refractivity contribution in [3.8, 4) is 0 Å². The molecular weight excluding hydrogens is 341 g/mol. The molecule has 0 aliphatic carbocycles. The summed E-state index contributed by atoms with van der Waals surface area (Å²) < 4.78 is 5.12. The van der Waals surface area contributed by atoms with Gasteiger partial charge in [-0.1, -0.05) is 0 Å². The van der Waals surface area contributed by atoms with Crippen LogP contribution in [0.2, 0.25) is 0 Å². The minimum absolute atomic E-state index is 0.0408. The Kier molecular flexibility index (Phi) is 5.81. The van der Waals surface area contributed by atoms with E-state index in [2.05, 4.69) is 10.6 Å². The molecule has 0 saturated heterocycles. The van der Waals surface area contributed by atoms with E-state index in [-0.39, 0.29) is 18.0 Å². The molecule has 1 heterocycles. The number of anilines is 1. The quantitative estimate of drug-likeness (QED) is 0.439. The van der Waals surface area contributed by atoms with Crippen molar-refractivity contribution in [2.24, 2.45) is 0 Å². The van der Waals surface area contributed by atoms with Crippen LogP contribution in [-0.4, -0.2) is 36.9 Å². The van der Waals surface area contributed by atoms with Gasteiger partial charge >= 0.3 is 158 Å². The van der Waals surface area contributed by atoms with Crippen LogP contribution in [0.25, 0.3) is 0 Å². The van der Waals surface area contributed by atoms with Crippen LogP contribution in [0.1, 0.15) is 17.5 Å². The number of amides is 2. The molecule has 2 amide bonds. The third kappa shape index (κ3) is 4.91. The molecule has 1 aliphatic rings. The summed E-state index contributed by atoms with van der Waals surface area (Å²) in [6, 6.07) is 16.1. The first kappa shape index (κ1) is 18.6. The fourth-order valence-corrected chi connectivity index (χ4v) is 2.88. The Labute approximate surface area is 158 Å². The van der Waals surface area contributed by atoms with Gasteiger partial charge < -0.3 is 0 Å². The van der Waals surface area contributed by atoms with Crippen molar-refractivity contribution in [2.75, 3.05) is 5.32 Å². The normalized spacial score (nSPS) is 15.7. The van der Waals surface area contributed by atoms with Gasteiger partial charge in [-0.3, -0.25) is 0 Å². The number of rotatable bonds is 4. The molecule has 1 radical (unpaired) electrons. The zero-order chi connectivity index (χ0) is 19.2. The summed E-state index contributed by atoms with van der Waals surface area (Å²) >= 11 is 0. The topological polar surface area (TPSA) is 91.3 Å². The number of hydrogen-bond donors (Lipinski definition) is 3. The van der Waals surface area contributed by atoms with Gasteiger partial charge in [0.15, 0.2) is 0 Å². The minimum atomic E-state index is -0.780. The fraction of sp³-hybridized carbons (Fsp3) is 0.200. The molecule has 2 aromatic carbocycles. The Hall–Kier alpha value is -3.22. The van der Waals surface area contributed by atoms with Crippen LogP contribution in [0.5, 0.6) is 0 Å². The molecule has 3 N–H and O–H groups in total. The van der Waals surface area contributed by atoms with E-state index in [1.54, 1.807) is 0 Å². The van der Waals surface area contributed by atoms with E-state index >= 15 is 0 Å². The summed E-state index contributed by atoms with van der Waals surface area (Å²) in [6.45, 7) is 0. The Balaban J connectivity index is 1.54. The van der Waals surface area contributed by atoms with Crippen molar-refractivity contribution in [1.82, 2.24) is 5.32 Å². The molecular formula is C20H19BN3O3. The SMILES string of the molecule is [B]=C(Cc1ccccc1)OC(=N)C(=O)N[C@H]1CCc2ccccc2NC1=O. The van der Waals surface area contributed by atoms with Gasteiger partial charge in [0.2, 0.25) is 0 Å². The van der Waals surface area contributed by atoms with Crippen LogP contribution in [0, 0.1) is 5.41 Å². The number of para-hydroxylation sites is 1. The molecule has 27 heavy (non-hydrogen) atoms. The number of carbonyl (C=O) groups is 2. The molecule has 1 atom stereocenters. The van der Waals surface area contributed by atoms with E-state index in [0.717, 1.165) is 16.8 Å². The monoisotopic (exact) mass is 360 g/mol. The molecule has 0 unspecified atom stereocenters. The van der Waals surface area contributed by atoms with E-state index in [9.17, 15) is 9.59 Å². The second-order valence-electron chi connectivity index (χ2n) is 6.27. The Morgan fingerprint density at radius 2 is 1.89 bits per heavy atom. The second kappa shape index (κ2) is 8.44. The van der Waals surface area contributed by atoms with Gasteiger partial charge in [0, 0.05) is 0 Å². The van der Waals surface area contributed by atoms with E-state index in [0.29, 0.717) is 12.8 Å². The predicted octanol–water partition coefficient (Wildman–Crippen LogP) is 1.59. The first-order valence-electron chi connectivity index (χ1n) is 8.64. The summed E-state index contributed by atoms with van der Waals surface area (Å²) in [7, 11) is 5.78. The van der Waals surface area contributed by atoms with Crippen LogP contribution in [0.15, 0.2) is 54.6 Å². The van der Waals surface area contributed by atoms with Crippen LogP contribution in [0.3, 0.4) is 0 Å². The van der Waals surface area contributed by atoms with Gasteiger partial charge in [-0.25, -0.2) is 0 Å². The maximum absolute atomic E-state index is 12.3. The summed E-state index contributed by atoms with van der Waals surface area (Å²) in [5.74, 6) is -1.74. The van der Waals surface area contributed by atoms with Crippen molar-refractivity contribution >= 4 is 36.5 Å². The number of nitrogens with one attached hydrogen (secondary N) is 3. The number of hydrogen-bond acceptors (Lipinski definition) is 4. The molecule has 0 bridgehead atoms. The second-order valence-corrected chi connectivity index (χ2v) is 6.27. The molecule has 2 aromatic rings. The van der Waals surface area contributed by atoms with E-state index in [1.807, 2.05) is 54.6 Å². The van der Waals surface area contributed by atoms with Gasteiger partial charge in [-0.15, -0.1) is 0 Å². The first-order valence-corrected chi connectivity index (χ1v) is 8.64. The summed E-state index contributed by atoms with van der Waals surface area (Å²) in [5, 5.41) is 13.1. The van der Waals surface area contributed by atoms with Gasteiger partial charge in [0.25, 0.3) is 0 Å². The molecule has 0 aromatic heterocycles. The molecule has 7 heteroatoms. The van der Waals surface area contributed by atoms with E-state index in [1.165, 1.54) is 0 Å². The number of fused-ring (bicyclic) bond motifs is 1. The van der Waals surface area contributed by atoms with Crippen LogP contribution < -0.4 is 10.6 Å². The summed E-state index contributed by atoms with van der Waals surface area (Å²) in [5.41, 5.74) is 2.70. The predicted molar refractivity (Wildman–Crippen MR) is 105 cm³/mol. The van der Waals surface area contributed by atoms with Crippen molar-refractivity contribution in [2.45, 2.75) is 25.3 Å². The van der Waals surface area contributed by atoms with Crippen molar-refractivity contribution in [1.29, 1.82) is 5.41 Å². The first-order chi connectivity index (χ1) is 13.0. The maximum atomic E-state index is 12.3. The molecule has 135 valence electrons. The molecule has 6 nitrogen and oxygen atoms in total. The molecule has 0 fully saturated rings. The van der Waals surface area contributed by atoms with Gasteiger partial charge in [0.05, 0.1) is 0 Å². The zero-order valence-corrected chi connectivity index (χ0v) is 14.7. The van der Waals surface area contributed by atoms with Gasteiger partial charge in [0.1, 0.15) is 0 Å². The molecule has 0 spiro atoms.